The van der Waals surface area contributed by atoms with Gasteiger partial charge in [-0.05, 0) is 43.3 Å². The second-order valence-electron chi connectivity index (χ2n) is 6.91. The Morgan fingerprint density at radius 3 is 2.48 bits per heavy atom. The molecule has 31 heavy (non-hydrogen) atoms. The topological polar surface area (TPSA) is 84.9 Å². The first kappa shape index (κ1) is 20.7. The fourth-order valence-electron chi connectivity index (χ4n) is 3.25. The van der Waals surface area contributed by atoms with Crippen molar-refractivity contribution in [1.82, 2.24) is 0 Å². The van der Waals surface area contributed by atoms with Gasteiger partial charge in [-0.1, -0.05) is 42.5 Å². The summed E-state index contributed by atoms with van der Waals surface area (Å²) in [6.45, 7) is 1.46. The summed E-state index contributed by atoms with van der Waals surface area (Å²) in [4.78, 5) is 13.0. The van der Waals surface area contributed by atoms with E-state index in [1.54, 1.807) is 55.5 Å². The Balaban J connectivity index is 1.57. The summed E-state index contributed by atoms with van der Waals surface area (Å²) in [5.41, 5.74) is 0.893. The summed E-state index contributed by atoms with van der Waals surface area (Å²) in [5.74, 6) is 0.905. The Hall–Kier alpha value is -3.52. The lowest BCUT2D eigenvalue weighted by atomic mass is 10.2. The molecule has 0 spiro atoms. The van der Waals surface area contributed by atoms with Gasteiger partial charge < -0.3 is 14.8 Å². The smallest absolute Gasteiger partial charge is 0.267 e. The summed E-state index contributed by atoms with van der Waals surface area (Å²) in [6.07, 6.45) is -1.01. The Morgan fingerprint density at radius 1 is 1.03 bits per heavy atom. The molecule has 1 aliphatic rings. The van der Waals surface area contributed by atoms with Crippen LogP contribution in [0.3, 0.4) is 0 Å². The molecule has 8 heteroatoms. The number of nitrogens with zero attached hydrogens (tertiary/aromatic N) is 1. The van der Waals surface area contributed by atoms with E-state index in [9.17, 15) is 13.2 Å². The first-order chi connectivity index (χ1) is 15.0. The van der Waals surface area contributed by atoms with Gasteiger partial charge in [-0.2, -0.15) is 0 Å². The van der Waals surface area contributed by atoms with Crippen molar-refractivity contribution in [2.45, 2.75) is 13.0 Å². The Kier molecular flexibility index (Phi) is 5.81. The van der Waals surface area contributed by atoms with Crippen LogP contribution in [0, 0.1) is 0 Å². The molecule has 1 atom stereocenters. The molecule has 1 aliphatic heterocycles. The molecule has 1 N–H and O–H groups in total. The average Bonchev–Trinajstić information content (AvgIpc) is 2.80. The Labute approximate surface area is 181 Å². The van der Waals surface area contributed by atoms with Gasteiger partial charge in [0.25, 0.3) is 5.91 Å². The lowest BCUT2D eigenvalue weighted by Crippen LogP contribution is -2.49. The number of rotatable bonds is 6. The number of nitrogens with one attached hydrogen (secondary N) is 1. The molecule has 3 aromatic rings. The molecule has 4 rings (SSSR count). The van der Waals surface area contributed by atoms with Crippen LogP contribution in [-0.2, 0) is 14.8 Å². The van der Waals surface area contributed by atoms with Crippen LogP contribution in [0.2, 0.25) is 0 Å². The van der Waals surface area contributed by atoms with Gasteiger partial charge in [0.1, 0.15) is 11.5 Å². The van der Waals surface area contributed by atoms with E-state index in [1.165, 1.54) is 4.31 Å². The number of ether oxygens (including phenoxy) is 2. The quantitative estimate of drug-likeness (QED) is 0.628. The number of para-hydroxylation sites is 5. The highest BCUT2D eigenvalue weighted by Crippen LogP contribution is 2.36. The zero-order chi connectivity index (χ0) is 21.8. The summed E-state index contributed by atoms with van der Waals surface area (Å²) in [5, 5.41) is 2.81. The van der Waals surface area contributed by atoms with Crippen LogP contribution in [0.25, 0.3) is 0 Å². The maximum atomic E-state index is 13.0. The monoisotopic (exact) mass is 438 g/mol. The van der Waals surface area contributed by atoms with Crippen molar-refractivity contribution in [3.63, 3.8) is 0 Å². The molecule has 0 saturated carbocycles. The third-order valence-electron chi connectivity index (χ3n) is 4.84. The summed E-state index contributed by atoms with van der Waals surface area (Å²) in [6, 6.07) is 23.0. The molecule has 1 amide bonds. The fraction of sp³-hybridized carbons (Fsp3) is 0.174. The van der Waals surface area contributed by atoms with Gasteiger partial charge in [-0.15, -0.1) is 0 Å². The SMILES string of the molecule is CCS(=O)(=O)N1C[C@@H](C(=O)Nc2ccccc2Oc2ccccc2)Oc2ccccc21. The minimum absolute atomic E-state index is 0.0799. The minimum Gasteiger partial charge on any atom is -0.476 e. The Morgan fingerprint density at radius 2 is 1.71 bits per heavy atom. The molecule has 0 saturated heterocycles. The number of carbonyl (C=O) groups is 1. The van der Waals surface area contributed by atoms with Crippen LogP contribution in [0.1, 0.15) is 6.92 Å². The minimum atomic E-state index is -3.57. The van der Waals surface area contributed by atoms with Crippen molar-refractivity contribution in [3.8, 4) is 17.2 Å². The number of anilines is 2. The van der Waals surface area contributed by atoms with Gasteiger partial charge in [0, 0.05) is 0 Å². The number of amides is 1. The Bertz CT molecular complexity index is 1180. The van der Waals surface area contributed by atoms with Crippen molar-refractivity contribution in [3.05, 3.63) is 78.9 Å². The van der Waals surface area contributed by atoms with Gasteiger partial charge in [-0.3, -0.25) is 9.10 Å². The molecule has 7 nitrogen and oxygen atoms in total. The van der Waals surface area contributed by atoms with E-state index >= 15 is 0 Å². The number of carbonyl (C=O) groups excluding carboxylic acids is 1. The molecule has 1 heterocycles. The maximum absolute atomic E-state index is 13.0. The second kappa shape index (κ2) is 8.69. The normalized spacial score (nSPS) is 15.5. The molecule has 0 bridgehead atoms. The zero-order valence-electron chi connectivity index (χ0n) is 16.9. The average molecular weight is 439 g/mol. The predicted octanol–water partition coefficient (Wildman–Crippen LogP) is 4.03. The van der Waals surface area contributed by atoms with Crippen LogP contribution >= 0.6 is 0 Å². The number of sulfonamides is 1. The van der Waals surface area contributed by atoms with Crippen LogP contribution < -0.4 is 19.1 Å². The lowest BCUT2D eigenvalue weighted by Gasteiger charge is -2.34. The summed E-state index contributed by atoms with van der Waals surface area (Å²) < 4.78 is 38.2. The van der Waals surface area contributed by atoms with Crippen molar-refractivity contribution in [2.24, 2.45) is 0 Å². The first-order valence-electron chi connectivity index (χ1n) is 9.87. The van der Waals surface area contributed by atoms with Gasteiger partial charge in [0.15, 0.2) is 11.9 Å². The predicted molar refractivity (Wildman–Crippen MR) is 119 cm³/mol. The molecule has 0 fully saturated rings. The maximum Gasteiger partial charge on any atom is 0.267 e. The fourth-order valence-corrected chi connectivity index (χ4v) is 4.37. The zero-order valence-corrected chi connectivity index (χ0v) is 17.7. The van der Waals surface area contributed by atoms with Crippen molar-refractivity contribution in [2.75, 3.05) is 21.9 Å². The lowest BCUT2D eigenvalue weighted by molar-refractivity contribution is -0.122. The van der Waals surface area contributed by atoms with E-state index in [2.05, 4.69) is 5.32 Å². The third kappa shape index (κ3) is 4.49. The molecular formula is C23H22N2O5S. The molecule has 0 aliphatic carbocycles. The van der Waals surface area contributed by atoms with Crippen LogP contribution in [-0.4, -0.2) is 32.7 Å². The van der Waals surface area contributed by atoms with E-state index < -0.39 is 22.0 Å². The highest BCUT2D eigenvalue weighted by atomic mass is 32.2. The number of benzene rings is 3. The number of hydrogen-bond donors (Lipinski definition) is 1. The molecular weight excluding hydrogens is 416 g/mol. The van der Waals surface area contributed by atoms with Crippen LogP contribution in [0.5, 0.6) is 17.2 Å². The van der Waals surface area contributed by atoms with Gasteiger partial charge in [0.05, 0.1) is 23.7 Å². The second-order valence-corrected chi connectivity index (χ2v) is 9.09. The standard InChI is InChI=1S/C23H22N2O5S/c1-2-31(27,28)25-16-22(30-21-15-9-7-13-19(21)25)23(26)24-18-12-6-8-14-20(18)29-17-10-4-3-5-11-17/h3-15,22H,2,16H2,1H3,(H,24,26)/t22-/m0/s1. The highest BCUT2D eigenvalue weighted by Gasteiger charge is 2.36. The van der Waals surface area contributed by atoms with E-state index in [-0.39, 0.29) is 12.3 Å². The summed E-state index contributed by atoms with van der Waals surface area (Å²) >= 11 is 0. The van der Waals surface area contributed by atoms with Crippen molar-refractivity contribution < 1.29 is 22.7 Å². The molecule has 3 aromatic carbocycles. The highest BCUT2D eigenvalue weighted by molar-refractivity contribution is 7.92. The van der Waals surface area contributed by atoms with Crippen molar-refractivity contribution in [1.29, 1.82) is 0 Å². The van der Waals surface area contributed by atoms with Gasteiger partial charge in [0.2, 0.25) is 10.0 Å². The van der Waals surface area contributed by atoms with Gasteiger partial charge in [-0.25, -0.2) is 8.42 Å². The van der Waals surface area contributed by atoms with E-state index in [1.807, 2.05) is 30.3 Å². The van der Waals surface area contributed by atoms with Crippen LogP contribution in [0.15, 0.2) is 78.9 Å². The molecule has 0 unspecified atom stereocenters. The third-order valence-corrected chi connectivity index (χ3v) is 6.59. The molecule has 160 valence electrons. The largest absolute Gasteiger partial charge is 0.476 e. The van der Waals surface area contributed by atoms with E-state index in [0.29, 0.717) is 28.6 Å². The molecule has 0 aromatic heterocycles. The first-order valence-corrected chi connectivity index (χ1v) is 11.5. The van der Waals surface area contributed by atoms with E-state index in [4.69, 9.17) is 9.47 Å². The van der Waals surface area contributed by atoms with E-state index in [0.717, 1.165) is 0 Å². The molecule has 0 radical (unpaired) electrons. The van der Waals surface area contributed by atoms with Gasteiger partial charge >= 0.3 is 0 Å². The number of fused-ring (bicyclic) bond motifs is 1. The van der Waals surface area contributed by atoms with Crippen LogP contribution in [0.4, 0.5) is 11.4 Å². The number of hydrogen-bond acceptors (Lipinski definition) is 5. The van der Waals surface area contributed by atoms with Crippen molar-refractivity contribution >= 4 is 27.3 Å². The summed E-state index contributed by atoms with van der Waals surface area (Å²) in [7, 11) is -3.57.